The number of rotatable bonds is 3. The molecule has 1 fully saturated rings. The fourth-order valence-electron chi connectivity index (χ4n) is 3.50. The van der Waals surface area contributed by atoms with Crippen molar-refractivity contribution in [3.05, 3.63) is 57.4 Å². The van der Waals surface area contributed by atoms with Gasteiger partial charge in [0.15, 0.2) is 0 Å². The van der Waals surface area contributed by atoms with Crippen molar-refractivity contribution in [3.63, 3.8) is 0 Å². The van der Waals surface area contributed by atoms with Crippen molar-refractivity contribution in [2.24, 2.45) is 0 Å². The topological polar surface area (TPSA) is 6.48 Å². The predicted molar refractivity (Wildman–Crippen MR) is 111 cm³/mol. The molecule has 1 aromatic heterocycles. The second-order valence-electron chi connectivity index (χ2n) is 6.76. The second-order valence-corrected chi connectivity index (χ2v) is 9.36. The lowest BCUT2D eigenvalue weighted by molar-refractivity contribution is 0.156. The van der Waals surface area contributed by atoms with Gasteiger partial charge in [0.2, 0.25) is 0 Å². The minimum atomic E-state index is 0.826. The highest BCUT2D eigenvalue weighted by Gasteiger charge is 2.20. The van der Waals surface area contributed by atoms with Crippen molar-refractivity contribution in [1.29, 1.82) is 0 Å². The Bertz CT molecular complexity index is 776. The van der Waals surface area contributed by atoms with Gasteiger partial charge in [0.05, 0.1) is 4.21 Å². The lowest BCUT2D eigenvalue weighted by Gasteiger charge is -2.32. The number of piperazine rings is 1. The number of halogens is 1. The molecule has 0 unspecified atom stereocenters. The average molecular weight is 391 g/mol. The number of thioether (sulfide) groups is 1. The lowest BCUT2D eigenvalue weighted by atomic mass is 9.95. The fraction of sp³-hybridized carbons (Fsp3) is 0.400. The van der Waals surface area contributed by atoms with Crippen LogP contribution in [0.1, 0.15) is 23.1 Å². The maximum atomic E-state index is 6.32. The molecule has 2 nitrogen and oxygen atoms in total. The summed E-state index contributed by atoms with van der Waals surface area (Å²) in [6.45, 7) is 5.86. The molecule has 5 heteroatoms. The Morgan fingerprint density at radius 2 is 1.96 bits per heavy atom. The number of hydrogen-bond acceptors (Lipinski definition) is 4. The van der Waals surface area contributed by atoms with Gasteiger partial charge in [-0.3, -0.25) is 0 Å². The summed E-state index contributed by atoms with van der Waals surface area (Å²) in [5, 5.41) is 3.04. The SMILES string of the molecule is CN1CCN(CC/C=C2/c3cc(Cl)ccc3CSc3sccc32)CC1. The molecule has 0 bridgehead atoms. The molecule has 4 rings (SSSR count). The summed E-state index contributed by atoms with van der Waals surface area (Å²) in [4.78, 5) is 4.99. The van der Waals surface area contributed by atoms with Crippen molar-refractivity contribution in [3.8, 4) is 0 Å². The van der Waals surface area contributed by atoms with Crippen LogP contribution in [0.25, 0.3) is 5.57 Å². The lowest BCUT2D eigenvalue weighted by Crippen LogP contribution is -2.44. The Kier molecular flexibility index (Phi) is 5.53. The van der Waals surface area contributed by atoms with E-state index in [2.05, 4.69) is 46.5 Å². The summed E-state index contributed by atoms with van der Waals surface area (Å²) in [6.07, 6.45) is 3.52. The van der Waals surface area contributed by atoms with E-state index in [1.807, 2.05) is 29.2 Å². The maximum Gasteiger partial charge on any atom is 0.0680 e. The van der Waals surface area contributed by atoms with Crippen LogP contribution in [0.5, 0.6) is 0 Å². The summed E-state index contributed by atoms with van der Waals surface area (Å²) in [7, 11) is 2.21. The van der Waals surface area contributed by atoms with Gasteiger partial charge >= 0.3 is 0 Å². The van der Waals surface area contributed by atoms with E-state index in [0.717, 1.165) is 23.7 Å². The molecule has 2 aliphatic rings. The Morgan fingerprint density at radius 1 is 1.12 bits per heavy atom. The molecule has 0 radical (unpaired) electrons. The Labute approximate surface area is 163 Å². The van der Waals surface area contributed by atoms with E-state index in [-0.39, 0.29) is 0 Å². The first-order valence-electron chi connectivity index (χ1n) is 8.81. The molecule has 0 atom stereocenters. The monoisotopic (exact) mass is 390 g/mol. The van der Waals surface area contributed by atoms with Crippen LogP contribution in [0.3, 0.4) is 0 Å². The molecule has 132 valence electrons. The van der Waals surface area contributed by atoms with Gasteiger partial charge < -0.3 is 9.80 Å². The summed E-state index contributed by atoms with van der Waals surface area (Å²) in [6, 6.07) is 8.62. The van der Waals surface area contributed by atoms with Crippen LogP contribution in [-0.2, 0) is 5.75 Å². The molecule has 25 heavy (non-hydrogen) atoms. The molecule has 0 saturated carbocycles. The van der Waals surface area contributed by atoms with Crippen LogP contribution in [0.2, 0.25) is 5.02 Å². The van der Waals surface area contributed by atoms with E-state index in [1.54, 1.807) is 0 Å². The summed E-state index contributed by atoms with van der Waals surface area (Å²) >= 11 is 10.1. The highest BCUT2D eigenvalue weighted by Crippen LogP contribution is 2.43. The second kappa shape index (κ2) is 7.85. The molecule has 1 saturated heterocycles. The molecule has 0 amide bonds. The number of fused-ring (bicyclic) bond motifs is 2. The zero-order valence-corrected chi connectivity index (χ0v) is 16.9. The molecule has 0 spiro atoms. The summed E-state index contributed by atoms with van der Waals surface area (Å²) in [5.41, 5.74) is 5.46. The number of benzene rings is 1. The van der Waals surface area contributed by atoms with Gasteiger partial charge in [0.1, 0.15) is 0 Å². The third-order valence-corrected chi connectivity index (χ3v) is 7.55. The van der Waals surface area contributed by atoms with Crippen LogP contribution in [-0.4, -0.2) is 49.6 Å². The summed E-state index contributed by atoms with van der Waals surface area (Å²) < 4.78 is 1.43. The first-order valence-corrected chi connectivity index (χ1v) is 11.1. The van der Waals surface area contributed by atoms with Crippen LogP contribution in [0.4, 0.5) is 0 Å². The van der Waals surface area contributed by atoms with Crippen molar-refractivity contribution in [1.82, 2.24) is 9.80 Å². The van der Waals surface area contributed by atoms with Gasteiger partial charge in [0.25, 0.3) is 0 Å². The van der Waals surface area contributed by atoms with E-state index in [1.165, 1.54) is 52.7 Å². The highest BCUT2D eigenvalue weighted by molar-refractivity contribution is 8.00. The highest BCUT2D eigenvalue weighted by atomic mass is 35.5. The van der Waals surface area contributed by atoms with E-state index in [9.17, 15) is 0 Å². The van der Waals surface area contributed by atoms with E-state index < -0.39 is 0 Å². The predicted octanol–water partition coefficient (Wildman–Crippen LogP) is 5.08. The zero-order chi connectivity index (χ0) is 17.2. The van der Waals surface area contributed by atoms with Gasteiger partial charge in [0, 0.05) is 49.1 Å². The van der Waals surface area contributed by atoms with Gasteiger partial charge in [-0.2, -0.15) is 0 Å². The Morgan fingerprint density at radius 3 is 2.80 bits per heavy atom. The van der Waals surface area contributed by atoms with Crippen LogP contribution in [0, 0.1) is 0 Å². The van der Waals surface area contributed by atoms with Gasteiger partial charge in [-0.05, 0) is 53.7 Å². The third kappa shape index (κ3) is 3.99. The van der Waals surface area contributed by atoms with E-state index in [0.29, 0.717) is 0 Å². The van der Waals surface area contributed by atoms with Crippen LogP contribution >= 0.6 is 34.7 Å². The molecule has 2 aliphatic heterocycles. The Balaban J connectivity index is 1.58. The average Bonchev–Trinajstić information content (AvgIpc) is 3.02. The van der Waals surface area contributed by atoms with Crippen LogP contribution < -0.4 is 0 Å². The number of thiophene rings is 1. The Hall–Kier alpha value is -0.780. The number of nitrogens with zero attached hydrogens (tertiary/aromatic N) is 2. The van der Waals surface area contributed by atoms with Gasteiger partial charge in [-0.1, -0.05) is 23.7 Å². The first kappa shape index (κ1) is 17.6. The smallest absolute Gasteiger partial charge is 0.0680 e. The fourth-order valence-corrected chi connectivity index (χ4v) is 5.80. The third-order valence-electron chi connectivity index (χ3n) is 5.03. The normalized spacial score (nSPS) is 20.3. The molecular weight excluding hydrogens is 368 g/mol. The van der Waals surface area contributed by atoms with E-state index in [4.69, 9.17) is 11.6 Å². The van der Waals surface area contributed by atoms with Gasteiger partial charge in [-0.25, -0.2) is 0 Å². The molecule has 0 aliphatic carbocycles. The summed E-state index contributed by atoms with van der Waals surface area (Å²) in [5.74, 6) is 1.02. The molecule has 3 heterocycles. The quantitative estimate of drug-likeness (QED) is 0.721. The number of likely N-dealkylation sites (N-methyl/N-ethyl adjacent to an activating group) is 1. The van der Waals surface area contributed by atoms with Crippen LogP contribution in [0.15, 0.2) is 39.9 Å². The van der Waals surface area contributed by atoms with Crippen molar-refractivity contribution < 1.29 is 0 Å². The zero-order valence-electron chi connectivity index (χ0n) is 14.5. The molecular formula is C20H23ClN2S2. The minimum Gasteiger partial charge on any atom is -0.304 e. The van der Waals surface area contributed by atoms with Crippen molar-refractivity contribution in [2.75, 3.05) is 39.8 Å². The standard InChI is InChI=1S/C20H23ClN2S2/c1-22-8-10-23(11-9-22)7-2-3-17-18-6-12-24-20(18)25-14-15-4-5-16(21)13-19(15)17/h3-6,12-13H,2,7-11,14H2,1H3/b17-3+. The van der Waals surface area contributed by atoms with Crippen molar-refractivity contribution >= 4 is 40.3 Å². The first-order chi connectivity index (χ1) is 12.2. The molecule has 2 aromatic rings. The maximum absolute atomic E-state index is 6.32. The van der Waals surface area contributed by atoms with Crippen molar-refractivity contribution in [2.45, 2.75) is 16.4 Å². The number of hydrogen-bond donors (Lipinski definition) is 0. The van der Waals surface area contributed by atoms with E-state index >= 15 is 0 Å². The molecule has 1 aromatic carbocycles. The van der Waals surface area contributed by atoms with Gasteiger partial charge in [-0.15, -0.1) is 23.1 Å². The largest absolute Gasteiger partial charge is 0.304 e. The molecule has 0 N–H and O–H groups in total. The minimum absolute atomic E-state index is 0.826.